The van der Waals surface area contributed by atoms with Gasteiger partial charge in [0.1, 0.15) is 0 Å². The van der Waals surface area contributed by atoms with Crippen LogP contribution in [0.3, 0.4) is 0 Å². The van der Waals surface area contributed by atoms with E-state index in [-0.39, 0.29) is 0 Å². The molecule has 1 aromatic heterocycles. The van der Waals surface area contributed by atoms with E-state index >= 15 is 0 Å². The van der Waals surface area contributed by atoms with Gasteiger partial charge in [0.15, 0.2) is 0 Å². The van der Waals surface area contributed by atoms with Crippen molar-refractivity contribution in [2.45, 2.75) is 27.2 Å². The highest BCUT2D eigenvalue weighted by Crippen LogP contribution is 2.04. The number of aryl methyl sites for hydroxylation is 1. The molecule has 0 aliphatic heterocycles. The van der Waals surface area contributed by atoms with Crippen LogP contribution < -0.4 is 4.90 Å². The Kier molecular flexibility index (Phi) is 5.08. The summed E-state index contributed by atoms with van der Waals surface area (Å²) in [7, 11) is 3.76. The maximum atomic E-state index is 4.87. The largest absolute Gasteiger partial charge is 0.344 e. The fraction of sp³-hybridized carbons (Fsp3) is 0.750. The minimum Gasteiger partial charge on any atom is -0.344 e. The van der Waals surface area contributed by atoms with Crippen LogP contribution >= 0.6 is 0 Å². The summed E-state index contributed by atoms with van der Waals surface area (Å²) in [6.45, 7) is 5.98. The van der Waals surface area contributed by atoms with Crippen molar-refractivity contribution in [2.75, 3.05) is 19.0 Å². The van der Waals surface area contributed by atoms with Crippen LogP contribution in [0.2, 0.25) is 0 Å². The van der Waals surface area contributed by atoms with Crippen LogP contribution in [0.4, 0.5) is 5.95 Å². The molecule has 1 rings (SSSR count). The second kappa shape index (κ2) is 5.57. The molecule has 0 amide bonds. The Labute approximate surface area is 73.6 Å². The fourth-order valence-electron chi connectivity index (χ4n) is 0.571. The third kappa shape index (κ3) is 2.90. The lowest BCUT2D eigenvalue weighted by Gasteiger charge is -2.01. The monoisotopic (exact) mass is 171 g/mol. The number of anilines is 1. The summed E-state index contributed by atoms with van der Waals surface area (Å²) in [5, 5.41) is 3.73. The third-order valence-electron chi connectivity index (χ3n) is 1.16. The maximum absolute atomic E-state index is 4.87. The first kappa shape index (κ1) is 10.9. The van der Waals surface area contributed by atoms with Crippen LogP contribution in [0.1, 0.15) is 26.7 Å². The van der Waals surface area contributed by atoms with Gasteiger partial charge in [-0.25, -0.2) is 0 Å². The fourth-order valence-corrected chi connectivity index (χ4v) is 0.571. The molecule has 0 fully saturated rings. The molecule has 0 aliphatic rings. The van der Waals surface area contributed by atoms with Crippen LogP contribution in [0, 0.1) is 0 Å². The number of rotatable bonds is 2. The molecule has 4 nitrogen and oxygen atoms in total. The van der Waals surface area contributed by atoms with Gasteiger partial charge in [-0.15, -0.1) is 0 Å². The van der Waals surface area contributed by atoms with Crippen molar-refractivity contribution in [1.29, 1.82) is 0 Å². The highest BCUT2D eigenvalue weighted by atomic mass is 16.5. The smallest absolute Gasteiger partial charge is 0.265 e. The topological polar surface area (TPSA) is 42.2 Å². The van der Waals surface area contributed by atoms with Crippen molar-refractivity contribution in [2.24, 2.45) is 0 Å². The number of aromatic nitrogens is 2. The molecule has 0 saturated heterocycles. The van der Waals surface area contributed by atoms with Gasteiger partial charge in [0.25, 0.3) is 5.95 Å². The Morgan fingerprint density at radius 2 is 1.92 bits per heavy atom. The van der Waals surface area contributed by atoms with E-state index in [1.54, 1.807) is 0 Å². The second-order valence-electron chi connectivity index (χ2n) is 2.24. The maximum Gasteiger partial charge on any atom is 0.265 e. The zero-order valence-electron chi connectivity index (χ0n) is 8.46. The zero-order chi connectivity index (χ0) is 9.56. The van der Waals surface area contributed by atoms with Gasteiger partial charge in [-0.3, -0.25) is 0 Å². The van der Waals surface area contributed by atoms with E-state index in [1.165, 1.54) is 0 Å². The van der Waals surface area contributed by atoms with Crippen LogP contribution in [0.15, 0.2) is 4.52 Å². The first-order valence-electron chi connectivity index (χ1n) is 4.24. The Morgan fingerprint density at radius 1 is 1.33 bits per heavy atom. The first-order valence-corrected chi connectivity index (χ1v) is 4.24. The second-order valence-corrected chi connectivity index (χ2v) is 2.24. The SMILES string of the molecule is CC.CCc1nc(N(C)C)no1. The summed E-state index contributed by atoms with van der Waals surface area (Å²) in [6.07, 6.45) is 0.792. The summed E-state index contributed by atoms with van der Waals surface area (Å²) < 4.78 is 4.87. The van der Waals surface area contributed by atoms with E-state index in [9.17, 15) is 0 Å². The quantitative estimate of drug-likeness (QED) is 0.679. The standard InChI is InChI=1S/C6H11N3O.C2H6/c1-4-5-7-6(8-10-5)9(2)3;1-2/h4H2,1-3H3;1-2H3. The highest BCUT2D eigenvalue weighted by Gasteiger charge is 2.03. The van der Waals surface area contributed by atoms with Gasteiger partial charge in [-0.2, -0.15) is 4.98 Å². The van der Waals surface area contributed by atoms with Crippen molar-refractivity contribution in [3.05, 3.63) is 5.89 Å². The predicted octanol–water partition coefficient (Wildman–Crippen LogP) is 1.72. The molecule has 12 heavy (non-hydrogen) atoms. The molecule has 1 aromatic rings. The number of nitrogens with zero attached hydrogens (tertiary/aromatic N) is 3. The molecule has 0 aromatic carbocycles. The molecule has 0 atom stereocenters. The van der Waals surface area contributed by atoms with E-state index in [2.05, 4.69) is 10.1 Å². The normalized spacial score (nSPS) is 8.75. The molecular weight excluding hydrogens is 154 g/mol. The van der Waals surface area contributed by atoms with Gasteiger partial charge < -0.3 is 9.42 Å². The van der Waals surface area contributed by atoms with E-state index in [0.717, 1.165) is 6.42 Å². The summed E-state index contributed by atoms with van der Waals surface area (Å²) >= 11 is 0. The minimum atomic E-state index is 0.636. The lowest BCUT2D eigenvalue weighted by Crippen LogP contribution is -2.10. The Balaban J connectivity index is 0.000000561. The average Bonchev–Trinajstić information content (AvgIpc) is 2.55. The summed E-state index contributed by atoms with van der Waals surface area (Å²) in [5.74, 6) is 1.32. The molecule has 0 radical (unpaired) electrons. The molecule has 4 heteroatoms. The Hall–Kier alpha value is -1.06. The molecule has 0 saturated carbocycles. The minimum absolute atomic E-state index is 0.636. The van der Waals surface area contributed by atoms with Gasteiger partial charge in [-0.05, 0) is 5.16 Å². The third-order valence-corrected chi connectivity index (χ3v) is 1.16. The predicted molar refractivity (Wildman–Crippen MR) is 49.4 cm³/mol. The molecule has 0 aliphatic carbocycles. The van der Waals surface area contributed by atoms with Crippen molar-refractivity contribution < 1.29 is 4.52 Å². The van der Waals surface area contributed by atoms with Gasteiger partial charge in [-0.1, -0.05) is 20.8 Å². The van der Waals surface area contributed by atoms with Crippen LogP contribution in [-0.4, -0.2) is 24.2 Å². The van der Waals surface area contributed by atoms with Crippen molar-refractivity contribution >= 4 is 5.95 Å². The molecule has 0 bridgehead atoms. The summed E-state index contributed by atoms with van der Waals surface area (Å²) in [6, 6.07) is 0. The van der Waals surface area contributed by atoms with Crippen molar-refractivity contribution in [3.8, 4) is 0 Å². The first-order chi connectivity index (χ1) is 5.74. The molecule has 0 N–H and O–H groups in total. The molecule has 0 spiro atoms. The lowest BCUT2D eigenvalue weighted by molar-refractivity contribution is 0.382. The Morgan fingerprint density at radius 3 is 2.17 bits per heavy atom. The van der Waals surface area contributed by atoms with Gasteiger partial charge in [0, 0.05) is 20.5 Å². The summed E-state index contributed by atoms with van der Waals surface area (Å²) in [5.41, 5.74) is 0. The molecule has 0 unspecified atom stereocenters. The molecule has 1 heterocycles. The van der Waals surface area contributed by atoms with E-state index in [0.29, 0.717) is 11.8 Å². The number of hydrogen-bond donors (Lipinski definition) is 0. The van der Waals surface area contributed by atoms with Crippen LogP contribution in [0.25, 0.3) is 0 Å². The Bertz CT molecular complexity index is 208. The zero-order valence-corrected chi connectivity index (χ0v) is 8.46. The average molecular weight is 171 g/mol. The number of hydrogen-bond acceptors (Lipinski definition) is 4. The lowest BCUT2D eigenvalue weighted by atomic mass is 10.5. The van der Waals surface area contributed by atoms with Crippen molar-refractivity contribution in [3.63, 3.8) is 0 Å². The van der Waals surface area contributed by atoms with E-state index in [4.69, 9.17) is 4.52 Å². The van der Waals surface area contributed by atoms with Crippen LogP contribution in [0.5, 0.6) is 0 Å². The van der Waals surface area contributed by atoms with Gasteiger partial charge >= 0.3 is 0 Å². The highest BCUT2D eigenvalue weighted by molar-refractivity contribution is 5.23. The van der Waals surface area contributed by atoms with E-state index < -0.39 is 0 Å². The van der Waals surface area contributed by atoms with Crippen molar-refractivity contribution in [1.82, 2.24) is 10.1 Å². The summed E-state index contributed by atoms with van der Waals surface area (Å²) in [4.78, 5) is 5.88. The molecule has 70 valence electrons. The molecular formula is C8H17N3O. The van der Waals surface area contributed by atoms with Gasteiger partial charge in [0.2, 0.25) is 5.89 Å². The van der Waals surface area contributed by atoms with Crippen LogP contribution in [-0.2, 0) is 6.42 Å². The van der Waals surface area contributed by atoms with E-state index in [1.807, 2.05) is 39.8 Å². The van der Waals surface area contributed by atoms with Gasteiger partial charge in [0.05, 0.1) is 0 Å².